The summed E-state index contributed by atoms with van der Waals surface area (Å²) in [5.74, 6) is 0.656. The molecule has 4 heteroatoms. The summed E-state index contributed by atoms with van der Waals surface area (Å²) >= 11 is 0. The van der Waals surface area contributed by atoms with Crippen molar-refractivity contribution in [2.45, 2.75) is 97.1 Å². The summed E-state index contributed by atoms with van der Waals surface area (Å²) in [5, 5.41) is 0. The molecule has 0 amide bonds. The second kappa shape index (κ2) is 17.2. The van der Waals surface area contributed by atoms with Gasteiger partial charge in [-0.1, -0.05) is 108 Å². The summed E-state index contributed by atoms with van der Waals surface area (Å²) < 4.78 is 12.3. The Morgan fingerprint density at radius 2 is 1.39 bits per heavy atom. The number of quaternary nitrogens is 1. The van der Waals surface area contributed by atoms with Gasteiger partial charge in [0.1, 0.15) is 25.0 Å². The van der Waals surface area contributed by atoms with Gasteiger partial charge >= 0.3 is 5.97 Å². The Bertz CT molecular complexity index is 832. The molecule has 0 radical (unpaired) electrons. The molecular formula is C32H50NO3+. The first-order valence-electron chi connectivity index (χ1n) is 14.2. The van der Waals surface area contributed by atoms with Gasteiger partial charge in [0.15, 0.2) is 6.54 Å². The molecule has 0 aliphatic carbocycles. The molecule has 4 nitrogen and oxygen atoms in total. The van der Waals surface area contributed by atoms with Crippen molar-refractivity contribution < 1.29 is 18.8 Å². The first-order valence-corrected chi connectivity index (χ1v) is 14.2. The first-order chi connectivity index (χ1) is 17.4. The summed E-state index contributed by atoms with van der Waals surface area (Å²) in [6.45, 7) is 5.73. The molecule has 1 atom stereocenters. The van der Waals surface area contributed by atoms with E-state index in [1.165, 1.54) is 68.9 Å². The molecule has 0 saturated heterocycles. The number of unbranched alkanes of at least 4 members (excludes halogenated alkanes) is 8. The van der Waals surface area contributed by atoms with Crippen LogP contribution in [0.15, 0.2) is 54.6 Å². The van der Waals surface area contributed by atoms with Crippen LogP contribution in [-0.2, 0) is 22.5 Å². The third-order valence-electron chi connectivity index (χ3n) is 6.69. The zero-order valence-electron chi connectivity index (χ0n) is 23.3. The number of nitrogens with zero attached hydrogens (tertiary/aromatic N) is 1. The molecule has 0 saturated carbocycles. The van der Waals surface area contributed by atoms with Gasteiger partial charge in [-0.2, -0.15) is 0 Å². The van der Waals surface area contributed by atoms with Crippen LogP contribution in [0.25, 0.3) is 0 Å². The lowest BCUT2D eigenvalue weighted by Crippen LogP contribution is -2.44. The van der Waals surface area contributed by atoms with E-state index in [0.29, 0.717) is 11.0 Å². The number of aryl methyl sites for hydroxylation is 1. The molecule has 1 unspecified atom stereocenters. The van der Waals surface area contributed by atoms with Crippen LogP contribution in [-0.4, -0.2) is 43.8 Å². The van der Waals surface area contributed by atoms with Crippen LogP contribution in [0.3, 0.4) is 0 Å². The fourth-order valence-corrected chi connectivity index (χ4v) is 4.52. The van der Waals surface area contributed by atoms with Gasteiger partial charge < -0.3 is 14.0 Å². The van der Waals surface area contributed by atoms with Crippen molar-refractivity contribution in [1.29, 1.82) is 0 Å². The summed E-state index contributed by atoms with van der Waals surface area (Å²) in [6.07, 6.45) is 14.0. The van der Waals surface area contributed by atoms with Gasteiger partial charge in [0.25, 0.3) is 0 Å². The maximum Gasteiger partial charge on any atom is 0.361 e. The van der Waals surface area contributed by atoms with E-state index < -0.39 is 0 Å². The van der Waals surface area contributed by atoms with E-state index in [2.05, 4.69) is 52.2 Å². The third kappa shape index (κ3) is 13.1. The summed E-state index contributed by atoms with van der Waals surface area (Å²) in [5.41, 5.74) is 2.58. The predicted molar refractivity (Wildman–Crippen MR) is 150 cm³/mol. The number of hydrogen-bond acceptors (Lipinski definition) is 3. The molecule has 0 spiro atoms. The van der Waals surface area contributed by atoms with E-state index in [1.54, 1.807) is 0 Å². The van der Waals surface area contributed by atoms with Crippen LogP contribution >= 0.6 is 0 Å². The monoisotopic (exact) mass is 496 g/mol. The van der Waals surface area contributed by atoms with Gasteiger partial charge in [-0.15, -0.1) is 0 Å². The lowest BCUT2D eigenvalue weighted by Gasteiger charge is -2.29. The third-order valence-corrected chi connectivity index (χ3v) is 6.69. The van der Waals surface area contributed by atoms with Crippen LogP contribution in [0, 0.1) is 0 Å². The van der Waals surface area contributed by atoms with Crippen molar-refractivity contribution in [2.24, 2.45) is 0 Å². The molecule has 0 aliphatic rings. The Balaban J connectivity index is 1.65. The average molecular weight is 497 g/mol. The molecule has 200 valence electrons. The minimum absolute atomic E-state index is 0.137. The number of esters is 1. The Labute approximate surface area is 220 Å². The Morgan fingerprint density at radius 3 is 2.00 bits per heavy atom. The van der Waals surface area contributed by atoms with E-state index in [-0.39, 0.29) is 18.7 Å². The molecule has 0 aromatic heterocycles. The minimum atomic E-state index is -0.186. The number of hydrogen-bond donors (Lipinski definition) is 0. The second-order valence-corrected chi connectivity index (χ2v) is 10.8. The highest BCUT2D eigenvalue weighted by Crippen LogP contribution is 2.18. The van der Waals surface area contributed by atoms with Crippen molar-refractivity contribution in [3.63, 3.8) is 0 Å². The Hall–Kier alpha value is -2.33. The van der Waals surface area contributed by atoms with Gasteiger partial charge in [-0.05, 0) is 37.0 Å². The Kier molecular flexibility index (Phi) is 14.3. The highest BCUT2D eigenvalue weighted by Gasteiger charge is 2.23. The van der Waals surface area contributed by atoms with E-state index in [9.17, 15) is 4.79 Å². The van der Waals surface area contributed by atoms with Crippen molar-refractivity contribution in [3.05, 3.63) is 65.7 Å². The van der Waals surface area contributed by atoms with Crippen LogP contribution in [0.2, 0.25) is 0 Å². The molecule has 0 fully saturated rings. The number of rotatable bonds is 19. The number of likely N-dealkylation sites (N-methyl/N-ethyl adjacent to an activating group) is 1. The fraction of sp³-hybridized carbons (Fsp3) is 0.594. The number of ether oxygens (including phenoxy) is 2. The summed E-state index contributed by atoms with van der Waals surface area (Å²) in [7, 11) is 4.11. The highest BCUT2D eigenvalue weighted by atomic mass is 16.6. The summed E-state index contributed by atoms with van der Waals surface area (Å²) in [6, 6.07) is 18.7. The molecule has 2 aromatic rings. The van der Waals surface area contributed by atoms with Gasteiger partial charge in [-0.25, -0.2) is 4.79 Å². The topological polar surface area (TPSA) is 35.5 Å². The van der Waals surface area contributed by atoms with Crippen molar-refractivity contribution in [2.75, 3.05) is 27.2 Å². The second-order valence-electron chi connectivity index (χ2n) is 10.8. The molecule has 0 bridgehead atoms. The molecule has 0 heterocycles. The van der Waals surface area contributed by atoms with Crippen LogP contribution in [0.4, 0.5) is 0 Å². The predicted octanol–water partition coefficient (Wildman–Crippen LogP) is 7.74. The number of carbonyl (C=O) groups excluding carboxylic acids is 1. The first kappa shape index (κ1) is 29.9. The maximum absolute atomic E-state index is 12.5. The lowest BCUT2D eigenvalue weighted by atomic mass is 10.0. The largest absolute Gasteiger partial charge is 0.487 e. The van der Waals surface area contributed by atoms with Gasteiger partial charge in [-0.3, -0.25) is 0 Å². The van der Waals surface area contributed by atoms with E-state index in [4.69, 9.17) is 9.47 Å². The molecule has 36 heavy (non-hydrogen) atoms. The highest BCUT2D eigenvalue weighted by molar-refractivity contribution is 5.70. The number of benzene rings is 2. The molecule has 2 rings (SSSR count). The summed E-state index contributed by atoms with van der Waals surface area (Å²) in [4.78, 5) is 12.5. The van der Waals surface area contributed by atoms with Crippen LogP contribution < -0.4 is 4.74 Å². The van der Waals surface area contributed by atoms with Crippen LogP contribution in [0.1, 0.15) is 89.2 Å². The van der Waals surface area contributed by atoms with E-state index in [0.717, 1.165) is 25.1 Å². The van der Waals surface area contributed by atoms with E-state index in [1.807, 2.05) is 30.3 Å². The Morgan fingerprint density at radius 1 is 0.778 bits per heavy atom. The zero-order chi connectivity index (χ0) is 26.1. The molecule has 0 N–H and O–H groups in total. The maximum atomic E-state index is 12.5. The minimum Gasteiger partial charge on any atom is -0.487 e. The normalized spacial score (nSPS) is 12.3. The van der Waals surface area contributed by atoms with Gasteiger partial charge in [0.2, 0.25) is 0 Å². The SMILES string of the molecule is CCCCCCCCCCCc1ccc(OC(CC)COC(=O)C[N+](C)(C)Cc2ccccc2)cc1. The fourth-order valence-electron chi connectivity index (χ4n) is 4.52. The van der Waals surface area contributed by atoms with Crippen molar-refractivity contribution in [1.82, 2.24) is 0 Å². The van der Waals surface area contributed by atoms with Gasteiger partial charge in [0, 0.05) is 5.56 Å². The molecular weight excluding hydrogens is 446 g/mol. The number of carbonyl (C=O) groups is 1. The quantitative estimate of drug-likeness (QED) is 0.113. The molecule has 2 aromatic carbocycles. The molecule has 0 aliphatic heterocycles. The smallest absolute Gasteiger partial charge is 0.361 e. The average Bonchev–Trinajstić information content (AvgIpc) is 2.86. The van der Waals surface area contributed by atoms with E-state index >= 15 is 0 Å². The van der Waals surface area contributed by atoms with Crippen LogP contribution in [0.5, 0.6) is 5.75 Å². The van der Waals surface area contributed by atoms with Gasteiger partial charge in [0.05, 0.1) is 14.1 Å². The lowest BCUT2D eigenvalue weighted by molar-refractivity contribution is -0.896. The van der Waals surface area contributed by atoms with Crippen molar-refractivity contribution >= 4 is 5.97 Å². The zero-order valence-corrected chi connectivity index (χ0v) is 23.3. The van der Waals surface area contributed by atoms with Crippen molar-refractivity contribution in [3.8, 4) is 5.75 Å². The standard InChI is InChI=1S/C32H50NO3/c1-5-7-8-9-10-11-12-13-15-18-28-21-23-31(24-22-28)36-30(6-2)27-35-32(34)26-33(3,4)25-29-19-16-14-17-20-29/h14,16-17,19-24,30H,5-13,15,18,25-27H2,1-4H3/q+1.